The van der Waals surface area contributed by atoms with E-state index in [9.17, 15) is 0 Å². The minimum atomic E-state index is 0.338. The van der Waals surface area contributed by atoms with E-state index in [0.717, 1.165) is 17.9 Å². The highest BCUT2D eigenvalue weighted by molar-refractivity contribution is 7.80. The van der Waals surface area contributed by atoms with Gasteiger partial charge in [0.1, 0.15) is 4.99 Å². The molecule has 2 N–H and O–H groups in total. The summed E-state index contributed by atoms with van der Waals surface area (Å²) in [4.78, 5) is 4.46. The highest BCUT2D eigenvalue weighted by atomic mass is 32.1. The molecule has 1 fully saturated rings. The lowest BCUT2D eigenvalue weighted by Gasteiger charge is -2.08. The Labute approximate surface area is 94.6 Å². The number of aromatic nitrogens is 1. The molecule has 1 heterocycles. The number of hydrogen-bond acceptors (Lipinski definition) is 3. The van der Waals surface area contributed by atoms with Gasteiger partial charge in [-0.2, -0.15) is 0 Å². The van der Waals surface area contributed by atoms with Crippen LogP contribution in [-0.2, 0) is 0 Å². The third-order valence-corrected chi connectivity index (χ3v) is 2.72. The fourth-order valence-electron chi connectivity index (χ4n) is 1.42. The standard InChI is InChI=1S/C11H14N2OS/c12-10(15)9-2-1-6-13-11(9)14-7-5-8-3-4-8/h1-2,6,8H,3-5,7H2,(H2,12,15). The summed E-state index contributed by atoms with van der Waals surface area (Å²) < 4.78 is 5.57. The van der Waals surface area contributed by atoms with Gasteiger partial charge in [-0.25, -0.2) is 4.98 Å². The van der Waals surface area contributed by atoms with Crippen LogP contribution in [0.2, 0.25) is 0 Å². The third kappa shape index (κ3) is 2.89. The Morgan fingerprint density at radius 2 is 2.40 bits per heavy atom. The molecular formula is C11H14N2OS. The summed E-state index contributed by atoms with van der Waals surface area (Å²) in [5, 5.41) is 0. The Morgan fingerprint density at radius 1 is 1.60 bits per heavy atom. The molecule has 1 aromatic rings. The van der Waals surface area contributed by atoms with Crippen molar-refractivity contribution in [3.05, 3.63) is 23.9 Å². The zero-order chi connectivity index (χ0) is 10.7. The van der Waals surface area contributed by atoms with Crippen molar-refractivity contribution in [1.82, 2.24) is 4.98 Å². The molecule has 4 heteroatoms. The van der Waals surface area contributed by atoms with Gasteiger partial charge in [-0.05, 0) is 24.5 Å². The van der Waals surface area contributed by atoms with E-state index < -0.39 is 0 Å². The summed E-state index contributed by atoms with van der Waals surface area (Å²) >= 11 is 4.92. The first-order valence-corrected chi connectivity index (χ1v) is 5.56. The maximum Gasteiger partial charge on any atom is 0.223 e. The Bertz CT molecular complexity index is 363. The van der Waals surface area contributed by atoms with Crippen molar-refractivity contribution in [2.75, 3.05) is 6.61 Å². The molecule has 2 rings (SSSR count). The SMILES string of the molecule is NC(=S)c1cccnc1OCCC1CC1. The van der Waals surface area contributed by atoms with Crippen LogP contribution in [0, 0.1) is 5.92 Å². The maximum absolute atomic E-state index is 5.57. The van der Waals surface area contributed by atoms with Gasteiger partial charge >= 0.3 is 0 Å². The van der Waals surface area contributed by atoms with Crippen LogP contribution in [0.3, 0.4) is 0 Å². The number of hydrogen-bond donors (Lipinski definition) is 1. The zero-order valence-electron chi connectivity index (χ0n) is 8.48. The van der Waals surface area contributed by atoms with E-state index in [-0.39, 0.29) is 0 Å². The highest BCUT2D eigenvalue weighted by Crippen LogP contribution is 2.32. The number of pyridine rings is 1. The topological polar surface area (TPSA) is 48.1 Å². The van der Waals surface area contributed by atoms with Gasteiger partial charge in [-0.1, -0.05) is 25.1 Å². The molecule has 1 aliphatic carbocycles. The average Bonchev–Trinajstić information content (AvgIpc) is 3.02. The molecule has 0 saturated heterocycles. The van der Waals surface area contributed by atoms with Crippen molar-refractivity contribution in [1.29, 1.82) is 0 Å². The van der Waals surface area contributed by atoms with Crippen molar-refractivity contribution >= 4 is 17.2 Å². The van der Waals surface area contributed by atoms with Crippen molar-refractivity contribution in [2.45, 2.75) is 19.3 Å². The van der Waals surface area contributed by atoms with Gasteiger partial charge in [0.15, 0.2) is 0 Å². The predicted octanol–water partition coefficient (Wildman–Crippen LogP) is 1.89. The van der Waals surface area contributed by atoms with Crippen LogP contribution in [0.1, 0.15) is 24.8 Å². The van der Waals surface area contributed by atoms with Crippen molar-refractivity contribution in [3.8, 4) is 5.88 Å². The Hall–Kier alpha value is -1.16. The Kier molecular flexibility index (Phi) is 3.16. The molecule has 0 bridgehead atoms. The third-order valence-electron chi connectivity index (χ3n) is 2.50. The predicted molar refractivity (Wildman–Crippen MR) is 63.0 cm³/mol. The fraction of sp³-hybridized carbons (Fsp3) is 0.455. The number of ether oxygens (including phenoxy) is 1. The average molecular weight is 222 g/mol. The Morgan fingerprint density at radius 3 is 3.07 bits per heavy atom. The van der Waals surface area contributed by atoms with Gasteiger partial charge < -0.3 is 10.5 Å². The van der Waals surface area contributed by atoms with E-state index in [0.29, 0.717) is 17.5 Å². The number of nitrogens with zero attached hydrogens (tertiary/aromatic N) is 1. The monoisotopic (exact) mass is 222 g/mol. The first kappa shape index (κ1) is 10.4. The lowest BCUT2D eigenvalue weighted by molar-refractivity contribution is 0.291. The lowest BCUT2D eigenvalue weighted by Crippen LogP contribution is -2.13. The van der Waals surface area contributed by atoms with Crippen LogP contribution in [0.15, 0.2) is 18.3 Å². The van der Waals surface area contributed by atoms with Crippen LogP contribution >= 0.6 is 12.2 Å². The second-order valence-corrected chi connectivity index (χ2v) is 4.24. The van der Waals surface area contributed by atoms with Crippen LogP contribution in [0.4, 0.5) is 0 Å². The van der Waals surface area contributed by atoms with E-state index in [1.807, 2.05) is 12.1 Å². The van der Waals surface area contributed by atoms with E-state index in [2.05, 4.69) is 4.98 Å². The molecule has 0 aromatic carbocycles. The lowest BCUT2D eigenvalue weighted by atomic mass is 10.2. The minimum Gasteiger partial charge on any atom is -0.477 e. The van der Waals surface area contributed by atoms with Gasteiger partial charge in [0.25, 0.3) is 0 Å². The van der Waals surface area contributed by atoms with Crippen molar-refractivity contribution in [3.63, 3.8) is 0 Å². The van der Waals surface area contributed by atoms with Gasteiger partial charge in [0.05, 0.1) is 12.2 Å². The summed E-state index contributed by atoms with van der Waals surface area (Å²) in [5.74, 6) is 1.42. The zero-order valence-corrected chi connectivity index (χ0v) is 9.30. The molecule has 3 nitrogen and oxygen atoms in total. The maximum atomic E-state index is 5.57. The van der Waals surface area contributed by atoms with Gasteiger partial charge in [-0.15, -0.1) is 0 Å². The summed E-state index contributed by atoms with van der Waals surface area (Å²) in [6.45, 7) is 0.706. The largest absolute Gasteiger partial charge is 0.477 e. The molecule has 80 valence electrons. The smallest absolute Gasteiger partial charge is 0.223 e. The van der Waals surface area contributed by atoms with E-state index in [4.69, 9.17) is 22.7 Å². The molecule has 0 spiro atoms. The number of nitrogens with two attached hydrogens (primary N) is 1. The van der Waals surface area contributed by atoms with Gasteiger partial charge in [-0.3, -0.25) is 0 Å². The van der Waals surface area contributed by atoms with Crippen molar-refractivity contribution in [2.24, 2.45) is 11.7 Å². The first-order chi connectivity index (χ1) is 7.27. The molecular weight excluding hydrogens is 208 g/mol. The summed E-state index contributed by atoms with van der Waals surface area (Å²) in [6.07, 6.45) is 5.48. The van der Waals surface area contributed by atoms with E-state index in [1.54, 1.807) is 6.20 Å². The summed E-state index contributed by atoms with van der Waals surface area (Å²) in [5.41, 5.74) is 6.30. The van der Waals surface area contributed by atoms with Crippen LogP contribution < -0.4 is 10.5 Å². The van der Waals surface area contributed by atoms with Crippen molar-refractivity contribution < 1.29 is 4.74 Å². The Balaban J connectivity index is 1.95. The summed E-state index contributed by atoms with van der Waals surface area (Å²) in [6, 6.07) is 3.64. The van der Waals surface area contributed by atoms with Crippen LogP contribution in [0.5, 0.6) is 5.88 Å². The first-order valence-electron chi connectivity index (χ1n) is 5.15. The molecule has 0 atom stereocenters. The molecule has 0 radical (unpaired) electrons. The van der Waals surface area contributed by atoms with Crippen LogP contribution in [-0.4, -0.2) is 16.6 Å². The van der Waals surface area contributed by atoms with E-state index in [1.165, 1.54) is 12.8 Å². The molecule has 1 aromatic heterocycles. The number of thiocarbonyl (C=S) groups is 1. The van der Waals surface area contributed by atoms with E-state index >= 15 is 0 Å². The minimum absolute atomic E-state index is 0.338. The van der Waals surface area contributed by atoms with Crippen LogP contribution in [0.25, 0.3) is 0 Å². The highest BCUT2D eigenvalue weighted by Gasteiger charge is 2.21. The normalized spacial score (nSPS) is 14.9. The second-order valence-electron chi connectivity index (χ2n) is 3.80. The second kappa shape index (κ2) is 4.57. The fourth-order valence-corrected chi connectivity index (χ4v) is 1.58. The summed E-state index contributed by atoms with van der Waals surface area (Å²) in [7, 11) is 0. The molecule has 1 aliphatic rings. The molecule has 0 aliphatic heterocycles. The molecule has 0 amide bonds. The van der Waals surface area contributed by atoms with Gasteiger partial charge in [0.2, 0.25) is 5.88 Å². The molecule has 15 heavy (non-hydrogen) atoms. The molecule has 1 saturated carbocycles. The quantitative estimate of drug-likeness (QED) is 0.773. The van der Waals surface area contributed by atoms with Gasteiger partial charge in [0, 0.05) is 6.20 Å². The molecule has 0 unspecified atom stereocenters. The number of rotatable bonds is 5.